The quantitative estimate of drug-likeness (QED) is 0.740. The number of hydrogen-bond acceptors (Lipinski definition) is 2. The van der Waals surface area contributed by atoms with E-state index in [-0.39, 0.29) is 18.4 Å². The Balaban J connectivity index is 1.64. The molecule has 1 amide bonds. The van der Waals surface area contributed by atoms with E-state index in [2.05, 4.69) is 17.4 Å². The zero-order chi connectivity index (χ0) is 13.7. The van der Waals surface area contributed by atoms with Crippen molar-refractivity contribution in [3.05, 3.63) is 35.9 Å². The predicted molar refractivity (Wildman–Crippen MR) is 71.8 cm³/mol. The minimum Gasteiger partial charge on any atom is -0.481 e. The Labute approximate surface area is 112 Å². The number of carboxylic acids is 1. The summed E-state index contributed by atoms with van der Waals surface area (Å²) in [7, 11) is 0. The third kappa shape index (κ3) is 4.39. The molecule has 2 rings (SSSR count). The van der Waals surface area contributed by atoms with E-state index in [9.17, 15) is 9.59 Å². The molecule has 1 aliphatic carbocycles. The number of aliphatic carboxylic acids is 1. The summed E-state index contributed by atoms with van der Waals surface area (Å²) in [4.78, 5) is 22.0. The van der Waals surface area contributed by atoms with E-state index >= 15 is 0 Å². The summed E-state index contributed by atoms with van der Waals surface area (Å²) in [6, 6.07) is 10.4. The smallest absolute Gasteiger partial charge is 0.303 e. The molecule has 0 aromatic heterocycles. The number of benzene rings is 1. The van der Waals surface area contributed by atoms with Gasteiger partial charge in [0.2, 0.25) is 5.91 Å². The Morgan fingerprint density at radius 1 is 1.16 bits per heavy atom. The molecule has 1 aliphatic rings. The number of hydrogen-bond donors (Lipinski definition) is 2. The van der Waals surface area contributed by atoms with Crippen molar-refractivity contribution in [2.75, 3.05) is 0 Å². The summed E-state index contributed by atoms with van der Waals surface area (Å²) in [5, 5.41) is 11.5. The van der Waals surface area contributed by atoms with E-state index in [1.807, 2.05) is 18.2 Å². The first kappa shape index (κ1) is 13.6. The normalized spacial score (nSPS) is 20.8. The molecule has 0 saturated heterocycles. The minimum absolute atomic E-state index is 0.0359. The third-order valence-corrected chi connectivity index (χ3v) is 3.41. The van der Waals surface area contributed by atoms with E-state index in [1.54, 1.807) is 0 Å². The van der Waals surface area contributed by atoms with Crippen LogP contribution in [0.3, 0.4) is 0 Å². The number of carbonyl (C=O) groups excluding carboxylic acids is 1. The Morgan fingerprint density at radius 2 is 1.84 bits per heavy atom. The predicted octanol–water partition coefficient (Wildman–Crippen LogP) is 2.30. The summed E-state index contributed by atoms with van der Waals surface area (Å²) < 4.78 is 0. The van der Waals surface area contributed by atoms with E-state index in [0.29, 0.717) is 25.2 Å². The molecule has 0 spiro atoms. The Kier molecular flexibility index (Phi) is 4.55. The van der Waals surface area contributed by atoms with Crippen molar-refractivity contribution in [1.82, 2.24) is 5.32 Å². The summed E-state index contributed by atoms with van der Waals surface area (Å²) >= 11 is 0. The molecule has 1 aromatic rings. The topological polar surface area (TPSA) is 66.4 Å². The summed E-state index contributed by atoms with van der Waals surface area (Å²) in [6.45, 7) is 0. The molecule has 1 saturated carbocycles. The van der Waals surface area contributed by atoms with Crippen LogP contribution in [0.5, 0.6) is 0 Å². The maximum atomic E-state index is 11.7. The van der Waals surface area contributed by atoms with Crippen molar-refractivity contribution in [2.45, 2.75) is 44.1 Å². The van der Waals surface area contributed by atoms with Crippen LogP contribution in [0.15, 0.2) is 30.3 Å². The SMILES string of the molecule is O=C(O)CCCCC(=O)NC1CC1c1ccccc1. The van der Waals surface area contributed by atoms with Crippen LogP contribution < -0.4 is 5.32 Å². The molecule has 19 heavy (non-hydrogen) atoms. The third-order valence-electron chi connectivity index (χ3n) is 3.41. The second-order valence-electron chi connectivity index (χ2n) is 5.03. The highest BCUT2D eigenvalue weighted by molar-refractivity contribution is 5.77. The Bertz CT molecular complexity index is 444. The Morgan fingerprint density at radius 3 is 2.53 bits per heavy atom. The molecule has 4 nitrogen and oxygen atoms in total. The van der Waals surface area contributed by atoms with Crippen LogP contribution in [0.2, 0.25) is 0 Å². The number of amides is 1. The van der Waals surface area contributed by atoms with Gasteiger partial charge in [-0.1, -0.05) is 30.3 Å². The molecule has 1 fully saturated rings. The van der Waals surface area contributed by atoms with Gasteiger partial charge in [-0.3, -0.25) is 9.59 Å². The van der Waals surface area contributed by atoms with Crippen LogP contribution in [-0.4, -0.2) is 23.0 Å². The van der Waals surface area contributed by atoms with E-state index in [4.69, 9.17) is 5.11 Å². The van der Waals surface area contributed by atoms with Crippen molar-refractivity contribution < 1.29 is 14.7 Å². The van der Waals surface area contributed by atoms with Crippen LogP contribution in [-0.2, 0) is 9.59 Å². The number of nitrogens with one attached hydrogen (secondary N) is 1. The molecule has 4 heteroatoms. The fourth-order valence-electron chi connectivity index (χ4n) is 2.26. The molecule has 0 bridgehead atoms. The molecule has 0 heterocycles. The van der Waals surface area contributed by atoms with Crippen LogP contribution in [0, 0.1) is 0 Å². The van der Waals surface area contributed by atoms with Crippen LogP contribution in [0.4, 0.5) is 0 Å². The lowest BCUT2D eigenvalue weighted by molar-refractivity contribution is -0.137. The highest BCUT2D eigenvalue weighted by atomic mass is 16.4. The molecule has 102 valence electrons. The fourth-order valence-corrected chi connectivity index (χ4v) is 2.26. The second kappa shape index (κ2) is 6.36. The molecule has 1 aromatic carbocycles. The molecule has 0 radical (unpaired) electrons. The van der Waals surface area contributed by atoms with Crippen LogP contribution in [0.1, 0.15) is 43.6 Å². The van der Waals surface area contributed by atoms with Gasteiger partial charge in [0.1, 0.15) is 0 Å². The molecular formula is C15H19NO3. The fraction of sp³-hybridized carbons (Fsp3) is 0.467. The van der Waals surface area contributed by atoms with Gasteiger partial charge in [-0.15, -0.1) is 0 Å². The lowest BCUT2D eigenvalue weighted by atomic mass is 10.1. The second-order valence-corrected chi connectivity index (χ2v) is 5.03. The first-order valence-electron chi connectivity index (χ1n) is 6.73. The molecule has 2 atom stereocenters. The van der Waals surface area contributed by atoms with Crippen molar-refractivity contribution in [1.29, 1.82) is 0 Å². The van der Waals surface area contributed by atoms with Crippen LogP contribution in [0.25, 0.3) is 0 Å². The molecule has 0 aliphatic heterocycles. The molecule has 2 unspecified atom stereocenters. The van der Waals surface area contributed by atoms with Gasteiger partial charge in [0.15, 0.2) is 0 Å². The summed E-state index contributed by atoms with van der Waals surface area (Å²) in [5.74, 6) is -0.315. The average molecular weight is 261 g/mol. The monoisotopic (exact) mass is 261 g/mol. The summed E-state index contributed by atoms with van der Waals surface area (Å²) in [5.41, 5.74) is 1.28. The van der Waals surface area contributed by atoms with Gasteiger partial charge >= 0.3 is 5.97 Å². The van der Waals surface area contributed by atoms with E-state index < -0.39 is 5.97 Å². The Hall–Kier alpha value is -1.84. The standard InChI is InChI=1S/C15H19NO3/c17-14(8-4-5-9-15(18)19)16-13-10-12(13)11-6-2-1-3-7-11/h1-3,6-7,12-13H,4-5,8-10H2,(H,16,17)(H,18,19). The van der Waals surface area contributed by atoms with Gasteiger partial charge in [0, 0.05) is 24.8 Å². The van der Waals surface area contributed by atoms with Gasteiger partial charge in [-0.2, -0.15) is 0 Å². The van der Waals surface area contributed by atoms with E-state index in [1.165, 1.54) is 5.56 Å². The van der Waals surface area contributed by atoms with Gasteiger partial charge < -0.3 is 10.4 Å². The number of carbonyl (C=O) groups is 2. The largest absolute Gasteiger partial charge is 0.481 e. The van der Waals surface area contributed by atoms with E-state index in [0.717, 1.165) is 6.42 Å². The molecular weight excluding hydrogens is 242 g/mol. The maximum absolute atomic E-state index is 11.7. The minimum atomic E-state index is -0.799. The van der Waals surface area contributed by atoms with Crippen molar-refractivity contribution in [3.63, 3.8) is 0 Å². The first-order valence-corrected chi connectivity index (χ1v) is 6.73. The highest BCUT2D eigenvalue weighted by Crippen LogP contribution is 2.40. The number of unbranched alkanes of at least 4 members (excludes halogenated alkanes) is 1. The van der Waals surface area contributed by atoms with Gasteiger partial charge in [0.05, 0.1) is 0 Å². The lowest BCUT2D eigenvalue weighted by Crippen LogP contribution is -2.26. The maximum Gasteiger partial charge on any atom is 0.303 e. The number of rotatable bonds is 7. The van der Waals surface area contributed by atoms with Crippen molar-refractivity contribution >= 4 is 11.9 Å². The van der Waals surface area contributed by atoms with Gasteiger partial charge in [-0.05, 0) is 24.8 Å². The van der Waals surface area contributed by atoms with Crippen molar-refractivity contribution in [3.8, 4) is 0 Å². The van der Waals surface area contributed by atoms with Gasteiger partial charge in [-0.25, -0.2) is 0 Å². The number of carboxylic acid groups (broad SMARTS) is 1. The van der Waals surface area contributed by atoms with Crippen LogP contribution >= 0.6 is 0 Å². The summed E-state index contributed by atoms with van der Waals surface area (Å²) in [6.07, 6.45) is 2.77. The average Bonchev–Trinajstić information content (AvgIpc) is 3.15. The zero-order valence-electron chi connectivity index (χ0n) is 10.8. The molecule has 2 N–H and O–H groups in total. The lowest BCUT2D eigenvalue weighted by Gasteiger charge is -2.04. The first-order chi connectivity index (χ1) is 9.16. The highest BCUT2D eigenvalue weighted by Gasteiger charge is 2.39. The van der Waals surface area contributed by atoms with Crippen molar-refractivity contribution in [2.24, 2.45) is 0 Å². The van der Waals surface area contributed by atoms with Gasteiger partial charge in [0.25, 0.3) is 0 Å². The zero-order valence-corrected chi connectivity index (χ0v) is 10.8.